The van der Waals surface area contributed by atoms with Gasteiger partial charge in [-0.05, 0) is 56.4 Å². The van der Waals surface area contributed by atoms with E-state index in [1.54, 1.807) is 6.20 Å². The van der Waals surface area contributed by atoms with Crippen molar-refractivity contribution in [1.82, 2.24) is 9.88 Å². The SMILES string of the molecule is Cc1cc(-c2cc(N)cc(OCCN(C)C)c2)ccn1. The number of ether oxygens (including phenoxy) is 1. The summed E-state index contributed by atoms with van der Waals surface area (Å²) in [5, 5.41) is 0. The molecule has 0 atom stereocenters. The van der Waals surface area contributed by atoms with Crippen LogP contribution in [0.5, 0.6) is 5.75 Å². The Morgan fingerprint density at radius 1 is 1.15 bits per heavy atom. The van der Waals surface area contributed by atoms with Gasteiger partial charge < -0.3 is 15.4 Å². The van der Waals surface area contributed by atoms with Gasteiger partial charge in [0.05, 0.1) is 0 Å². The molecule has 0 aliphatic rings. The fourth-order valence-corrected chi connectivity index (χ4v) is 1.94. The van der Waals surface area contributed by atoms with Gasteiger partial charge in [-0.15, -0.1) is 0 Å². The summed E-state index contributed by atoms with van der Waals surface area (Å²) in [7, 11) is 4.04. The van der Waals surface area contributed by atoms with Crippen molar-refractivity contribution < 1.29 is 4.74 Å². The van der Waals surface area contributed by atoms with Crippen molar-refractivity contribution in [3.8, 4) is 16.9 Å². The van der Waals surface area contributed by atoms with Gasteiger partial charge in [0.2, 0.25) is 0 Å². The van der Waals surface area contributed by atoms with Crippen LogP contribution in [0.3, 0.4) is 0 Å². The van der Waals surface area contributed by atoms with E-state index in [-0.39, 0.29) is 0 Å². The lowest BCUT2D eigenvalue weighted by molar-refractivity contribution is 0.261. The van der Waals surface area contributed by atoms with E-state index in [1.165, 1.54) is 0 Å². The van der Waals surface area contributed by atoms with E-state index in [9.17, 15) is 0 Å². The number of rotatable bonds is 5. The molecule has 0 saturated carbocycles. The number of nitrogens with zero attached hydrogens (tertiary/aromatic N) is 2. The monoisotopic (exact) mass is 271 g/mol. The maximum Gasteiger partial charge on any atom is 0.122 e. The third-order valence-electron chi connectivity index (χ3n) is 2.97. The maximum atomic E-state index is 5.96. The van der Waals surface area contributed by atoms with Crippen molar-refractivity contribution in [3.63, 3.8) is 0 Å². The van der Waals surface area contributed by atoms with Crippen molar-refractivity contribution in [2.45, 2.75) is 6.92 Å². The smallest absolute Gasteiger partial charge is 0.122 e. The van der Waals surface area contributed by atoms with E-state index in [1.807, 2.05) is 51.4 Å². The number of pyridine rings is 1. The van der Waals surface area contributed by atoms with Gasteiger partial charge in [0.25, 0.3) is 0 Å². The average molecular weight is 271 g/mol. The molecule has 2 N–H and O–H groups in total. The molecule has 20 heavy (non-hydrogen) atoms. The summed E-state index contributed by atoms with van der Waals surface area (Å²) in [4.78, 5) is 6.29. The fourth-order valence-electron chi connectivity index (χ4n) is 1.94. The highest BCUT2D eigenvalue weighted by molar-refractivity contribution is 5.69. The number of anilines is 1. The second kappa shape index (κ2) is 6.39. The van der Waals surface area contributed by atoms with Crippen LogP contribution in [0, 0.1) is 6.92 Å². The molecular weight excluding hydrogens is 250 g/mol. The minimum Gasteiger partial charge on any atom is -0.492 e. The minimum atomic E-state index is 0.644. The Hall–Kier alpha value is -2.07. The van der Waals surface area contributed by atoms with Gasteiger partial charge in [0.15, 0.2) is 0 Å². The van der Waals surface area contributed by atoms with Gasteiger partial charge in [-0.2, -0.15) is 0 Å². The molecule has 0 amide bonds. The molecule has 0 bridgehead atoms. The number of benzene rings is 1. The maximum absolute atomic E-state index is 5.96. The predicted molar refractivity (Wildman–Crippen MR) is 82.9 cm³/mol. The molecule has 106 valence electrons. The molecule has 0 radical (unpaired) electrons. The Labute approximate surface area is 120 Å². The summed E-state index contributed by atoms with van der Waals surface area (Å²) in [6, 6.07) is 9.84. The zero-order valence-corrected chi connectivity index (χ0v) is 12.3. The Bertz CT molecular complexity index is 582. The normalized spacial score (nSPS) is 10.8. The van der Waals surface area contributed by atoms with Crippen LogP contribution in [-0.4, -0.2) is 37.1 Å². The molecule has 1 aromatic carbocycles. The Balaban J connectivity index is 2.20. The Morgan fingerprint density at radius 3 is 2.65 bits per heavy atom. The highest BCUT2D eigenvalue weighted by Gasteiger charge is 2.04. The number of likely N-dealkylation sites (N-methyl/N-ethyl adjacent to an activating group) is 1. The first-order valence-electron chi connectivity index (χ1n) is 6.66. The zero-order chi connectivity index (χ0) is 14.5. The van der Waals surface area contributed by atoms with E-state index >= 15 is 0 Å². The predicted octanol–water partition coefficient (Wildman–Crippen LogP) is 2.58. The zero-order valence-electron chi connectivity index (χ0n) is 12.3. The first kappa shape index (κ1) is 14.3. The van der Waals surface area contributed by atoms with Crippen LogP contribution in [-0.2, 0) is 0 Å². The molecule has 0 saturated heterocycles. The van der Waals surface area contributed by atoms with Gasteiger partial charge in [-0.25, -0.2) is 0 Å². The number of aryl methyl sites for hydroxylation is 1. The van der Waals surface area contributed by atoms with E-state index in [0.717, 1.165) is 29.1 Å². The minimum absolute atomic E-state index is 0.644. The van der Waals surface area contributed by atoms with Crippen LogP contribution in [0.2, 0.25) is 0 Å². The fraction of sp³-hybridized carbons (Fsp3) is 0.312. The van der Waals surface area contributed by atoms with Gasteiger partial charge in [0.1, 0.15) is 12.4 Å². The van der Waals surface area contributed by atoms with Gasteiger partial charge in [-0.1, -0.05) is 0 Å². The lowest BCUT2D eigenvalue weighted by Gasteiger charge is -2.13. The second-order valence-electron chi connectivity index (χ2n) is 5.13. The summed E-state index contributed by atoms with van der Waals surface area (Å²) < 4.78 is 5.75. The highest BCUT2D eigenvalue weighted by atomic mass is 16.5. The molecule has 2 rings (SSSR count). The first-order valence-corrected chi connectivity index (χ1v) is 6.66. The third-order valence-corrected chi connectivity index (χ3v) is 2.97. The van der Waals surface area contributed by atoms with Crippen molar-refractivity contribution in [3.05, 3.63) is 42.2 Å². The van der Waals surface area contributed by atoms with Crippen LogP contribution < -0.4 is 10.5 Å². The number of nitrogens with two attached hydrogens (primary N) is 1. The van der Waals surface area contributed by atoms with Gasteiger partial charge in [-0.3, -0.25) is 4.98 Å². The molecule has 0 aliphatic carbocycles. The van der Waals surface area contributed by atoms with Crippen LogP contribution in [0.4, 0.5) is 5.69 Å². The topological polar surface area (TPSA) is 51.4 Å². The number of nitrogen functional groups attached to an aromatic ring is 1. The quantitative estimate of drug-likeness (QED) is 0.849. The summed E-state index contributed by atoms with van der Waals surface area (Å²) in [6.45, 7) is 3.49. The standard InChI is InChI=1S/C16H21N3O/c1-12-8-13(4-5-18-12)14-9-15(17)11-16(10-14)20-7-6-19(2)3/h4-5,8-11H,6-7,17H2,1-3H3. The Kier molecular flexibility index (Phi) is 4.58. The number of aromatic nitrogens is 1. The van der Waals surface area contributed by atoms with Crippen molar-refractivity contribution in [2.75, 3.05) is 33.0 Å². The molecule has 4 nitrogen and oxygen atoms in total. The van der Waals surface area contributed by atoms with Crippen LogP contribution in [0.15, 0.2) is 36.5 Å². The van der Waals surface area contributed by atoms with Crippen LogP contribution in [0.1, 0.15) is 5.69 Å². The molecule has 2 aromatic rings. The van der Waals surface area contributed by atoms with Crippen molar-refractivity contribution in [1.29, 1.82) is 0 Å². The molecule has 1 heterocycles. The second-order valence-corrected chi connectivity index (χ2v) is 5.13. The van der Waals surface area contributed by atoms with E-state index in [0.29, 0.717) is 12.3 Å². The van der Waals surface area contributed by atoms with Crippen LogP contribution in [0.25, 0.3) is 11.1 Å². The van der Waals surface area contributed by atoms with Crippen LogP contribution >= 0.6 is 0 Å². The van der Waals surface area contributed by atoms with Gasteiger partial charge in [0, 0.05) is 30.2 Å². The summed E-state index contributed by atoms with van der Waals surface area (Å²) in [6.07, 6.45) is 1.81. The first-order chi connectivity index (χ1) is 9.54. The van der Waals surface area contributed by atoms with E-state index < -0.39 is 0 Å². The summed E-state index contributed by atoms with van der Waals surface area (Å²) >= 11 is 0. The van der Waals surface area contributed by atoms with E-state index in [4.69, 9.17) is 10.5 Å². The summed E-state index contributed by atoms with van der Waals surface area (Å²) in [5.74, 6) is 0.802. The Morgan fingerprint density at radius 2 is 1.95 bits per heavy atom. The molecule has 1 aromatic heterocycles. The summed E-state index contributed by atoms with van der Waals surface area (Å²) in [5.41, 5.74) is 9.80. The lowest BCUT2D eigenvalue weighted by Crippen LogP contribution is -2.19. The van der Waals surface area contributed by atoms with Crippen molar-refractivity contribution in [2.24, 2.45) is 0 Å². The molecule has 0 fully saturated rings. The molecule has 0 aliphatic heterocycles. The largest absolute Gasteiger partial charge is 0.492 e. The van der Waals surface area contributed by atoms with E-state index in [2.05, 4.69) is 9.88 Å². The molecule has 0 spiro atoms. The molecule has 4 heteroatoms. The van der Waals surface area contributed by atoms with Gasteiger partial charge >= 0.3 is 0 Å². The lowest BCUT2D eigenvalue weighted by atomic mass is 10.1. The number of hydrogen-bond acceptors (Lipinski definition) is 4. The highest BCUT2D eigenvalue weighted by Crippen LogP contribution is 2.27. The molecule has 0 unspecified atom stereocenters. The number of hydrogen-bond donors (Lipinski definition) is 1. The average Bonchev–Trinajstić information content (AvgIpc) is 2.37. The molecular formula is C16H21N3O. The van der Waals surface area contributed by atoms with Crippen molar-refractivity contribution >= 4 is 5.69 Å². The third kappa shape index (κ3) is 3.96.